The van der Waals surface area contributed by atoms with E-state index in [9.17, 15) is 26.7 Å². The average molecular weight is 372 g/mol. The number of nitrogens with one attached hydrogen (secondary N) is 2. The molecule has 0 aliphatic heterocycles. The maximum atomic E-state index is 13.1. The van der Waals surface area contributed by atoms with Crippen molar-refractivity contribution in [3.8, 4) is 0 Å². The first-order valence-electron chi connectivity index (χ1n) is 7.71. The van der Waals surface area contributed by atoms with Gasteiger partial charge >= 0.3 is 6.18 Å². The highest BCUT2D eigenvalue weighted by Gasteiger charge is 2.29. The Hall–Kier alpha value is -2.64. The lowest BCUT2D eigenvalue weighted by Crippen LogP contribution is -2.22. The molecule has 0 aromatic heterocycles. The van der Waals surface area contributed by atoms with E-state index < -0.39 is 17.7 Å². The molecular weight excluding hydrogens is 355 g/mol. The highest BCUT2D eigenvalue weighted by molar-refractivity contribution is 5.86. The number of carbonyl (C=O) groups excluding carboxylic acids is 1. The molecule has 2 aromatic carbocycles. The number of benzene rings is 2. The zero-order valence-electron chi connectivity index (χ0n) is 13.8. The maximum absolute atomic E-state index is 13.1. The molecule has 0 unspecified atom stereocenters. The minimum Gasteiger partial charge on any atom is -0.378 e. The SMILES string of the molecule is CC(F)(F)c1ccc(NCC(=O)CNc2ccc(C(F)(F)F)cc2)cc1. The zero-order chi connectivity index (χ0) is 19.4. The summed E-state index contributed by atoms with van der Waals surface area (Å²) < 4.78 is 63.6. The lowest BCUT2D eigenvalue weighted by atomic mass is 10.1. The molecule has 0 aliphatic rings. The van der Waals surface area contributed by atoms with Crippen molar-refractivity contribution in [3.05, 3.63) is 59.7 Å². The summed E-state index contributed by atoms with van der Waals surface area (Å²) in [5.41, 5.74) is 0.0113. The molecule has 0 heterocycles. The monoisotopic (exact) mass is 372 g/mol. The van der Waals surface area contributed by atoms with E-state index in [0.29, 0.717) is 11.4 Å². The number of rotatable bonds is 7. The number of anilines is 2. The van der Waals surface area contributed by atoms with Gasteiger partial charge in [0.2, 0.25) is 0 Å². The van der Waals surface area contributed by atoms with Crippen molar-refractivity contribution < 1.29 is 26.7 Å². The van der Waals surface area contributed by atoms with Crippen LogP contribution in [0.5, 0.6) is 0 Å². The Morgan fingerprint density at radius 1 is 0.769 bits per heavy atom. The molecular formula is C18H17F5N2O. The lowest BCUT2D eigenvalue weighted by molar-refractivity contribution is -0.137. The third-order valence-electron chi connectivity index (χ3n) is 3.58. The maximum Gasteiger partial charge on any atom is 0.416 e. The molecule has 140 valence electrons. The van der Waals surface area contributed by atoms with Crippen LogP contribution < -0.4 is 10.6 Å². The second kappa shape index (κ2) is 7.72. The Morgan fingerprint density at radius 2 is 1.15 bits per heavy atom. The van der Waals surface area contributed by atoms with Crippen LogP contribution in [-0.2, 0) is 16.9 Å². The number of hydrogen-bond acceptors (Lipinski definition) is 3. The molecule has 0 bridgehead atoms. The van der Waals surface area contributed by atoms with Crippen molar-refractivity contribution >= 4 is 17.2 Å². The molecule has 0 spiro atoms. The van der Waals surface area contributed by atoms with Gasteiger partial charge < -0.3 is 10.6 Å². The van der Waals surface area contributed by atoms with Crippen LogP contribution in [0, 0.1) is 0 Å². The van der Waals surface area contributed by atoms with E-state index in [1.165, 1.54) is 36.4 Å². The fourth-order valence-electron chi connectivity index (χ4n) is 2.12. The highest BCUT2D eigenvalue weighted by Crippen LogP contribution is 2.30. The van der Waals surface area contributed by atoms with Crippen molar-refractivity contribution in [1.82, 2.24) is 0 Å². The Balaban J connectivity index is 1.80. The Kier molecular flexibility index (Phi) is 5.84. The second-order valence-electron chi connectivity index (χ2n) is 5.79. The highest BCUT2D eigenvalue weighted by atomic mass is 19.4. The Morgan fingerprint density at radius 3 is 1.50 bits per heavy atom. The number of Topliss-reactive ketones (excluding diaryl/α,β-unsaturated/α-hetero) is 1. The number of alkyl halides is 5. The van der Waals surface area contributed by atoms with Gasteiger partial charge in [-0.25, -0.2) is 8.78 Å². The van der Waals surface area contributed by atoms with E-state index in [0.717, 1.165) is 19.1 Å². The molecule has 26 heavy (non-hydrogen) atoms. The van der Waals surface area contributed by atoms with E-state index in [1.54, 1.807) is 0 Å². The summed E-state index contributed by atoms with van der Waals surface area (Å²) >= 11 is 0. The van der Waals surface area contributed by atoms with Crippen LogP contribution in [0.4, 0.5) is 33.3 Å². The van der Waals surface area contributed by atoms with Crippen LogP contribution in [0.3, 0.4) is 0 Å². The van der Waals surface area contributed by atoms with Crippen molar-refractivity contribution in [1.29, 1.82) is 0 Å². The molecule has 0 aliphatic carbocycles. The van der Waals surface area contributed by atoms with Crippen LogP contribution in [0.1, 0.15) is 18.1 Å². The molecule has 0 amide bonds. The number of ketones is 1. The molecule has 0 saturated heterocycles. The third-order valence-corrected chi connectivity index (χ3v) is 3.58. The van der Waals surface area contributed by atoms with Crippen molar-refractivity contribution in [2.75, 3.05) is 23.7 Å². The quantitative estimate of drug-likeness (QED) is 0.679. The summed E-state index contributed by atoms with van der Waals surface area (Å²) in [5, 5.41) is 5.54. The van der Waals surface area contributed by atoms with Crippen LogP contribution in [0.25, 0.3) is 0 Å². The fraction of sp³-hybridized carbons (Fsp3) is 0.278. The third kappa shape index (κ3) is 5.72. The Labute approximate surface area is 147 Å². The van der Waals surface area contributed by atoms with E-state index in [-0.39, 0.29) is 24.4 Å². The normalized spacial score (nSPS) is 11.9. The summed E-state index contributed by atoms with van der Waals surface area (Å²) in [6, 6.07) is 9.78. The lowest BCUT2D eigenvalue weighted by Gasteiger charge is -2.12. The summed E-state index contributed by atoms with van der Waals surface area (Å²) in [5.74, 6) is -3.17. The molecule has 0 saturated carbocycles. The molecule has 0 radical (unpaired) electrons. The topological polar surface area (TPSA) is 41.1 Å². The van der Waals surface area contributed by atoms with E-state index in [1.807, 2.05) is 0 Å². The molecule has 2 aromatic rings. The van der Waals surface area contributed by atoms with E-state index >= 15 is 0 Å². The summed E-state index contributed by atoms with van der Waals surface area (Å²) in [6.45, 7) is 0.671. The second-order valence-corrected chi connectivity index (χ2v) is 5.79. The molecule has 2 N–H and O–H groups in total. The minimum atomic E-state index is -4.41. The van der Waals surface area contributed by atoms with Crippen LogP contribution in [0.15, 0.2) is 48.5 Å². The standard InChI is InChI=1S/C18H17F5N2O/c1-17(19,20)12-2-6-14(7-3-12)24-10-16(26)11-25-15-8-4-13(5-9-15)18(21,22)23/h2-9,24-25H,10-11H2,1H3. The van der Waals surface area contributed by atoms with Gasteiger partial charge in [-0.2, -0.15) is 13.2 Å². The van der Waals surface area contributed by atoms with E-state index in [4.69, 9.17) is 0 Å². The van der Waals surface area contributed by atoms with Gasteiger partial charge in [0.15, 0.2) is 5.78 Å². The van der Waals surface area contributed by atoms with Gasteiger partial charge in [-0.05, 0) is 36.4 Å². The van der Waals surface area contributed by atoms with Crippen LogP contribution in [0.2, 0.25) is 0 Å². The first kappa shape index (κ1) is 19.7. The molecule has 2 rings (SSSR count). The first-order valence-corrected chi connectivity index (χ1v) is 7.71. The molecule has 0 fully saturated rings. The number of halogens is 5. The van der Waals surface area contributed by atoms with E-state index in [2.05, 4.69) is 10.6 Å². The molecule has 3 nitrogen and oxygen atoms in total. The smallest absolute Gasteiger partial charge is 0.378 e. The summed E-state index contributed by atoms with van der Waals surface area (Å²) in [7, 11) is 0. The predicted octanol–water partition coefficient (Wildman–Crippen LogP) is 4.91. The first-order chi connectivity index (χ1) is 12.1. The van der Waals surface area contributed by atoms with Gasteiger partial charge in [0.05, 0.1) is 18.7 Å². The van der Waals surface area contributed by atoms with Crippen molar-refractivity contribution in [2.24, 2.45) is 0 Å². The number of carbonyl (C=O) groups is 1. The van der Waals surface area contributed by atoms with Gasteiger partial charge in [-0.15, -0.1) is 0 Å². The fourth-order valence-corrected chi connectivity index (χ4v) is 2.12. The van der Waals surface area contributed by atoms with Gasteiger partial charge in [-0.1, -0.05) is 12.1 Å². The van der Waals surface area contributed by atoms with Gasteiger partial charge in [0.25, 0.3) is 5.92 Å². The average Bonchev–Trinajstić information content (AvgIpc) is 2.57. The Bertz CT molecular complexity index is 671. The number of hydrogen-bond donors (Lipinski definition) is 2. The predicted molar refractivity (Wildman–Crippen MR) is 89.4 cm³/mol. The van der Waals surface area contributed by atoms with Gasteiger partial charge in [0.1, 0.15) is 0 Å². The van der Waals surface area contributed by atoms with Crippen molar-refractivity contribution in [3.63, 3.8) is 0 Å². The minimum absolute atomic E-state index is 0.0461. The molecule has 8 heteroatoms. The van der Waals surface area contributed by atoms with Crippen LogP contribution >= 0.6 is 0 Å². The van der Waals surface area contributed by atoms with Crippen molar-refractivity contribution in [2.45, 2.75) is 19.0 Å². The van der Waals surface area contributed by atoms with Gasteiger partial charge in [0, 0.05) is 23.9 Å². The molecule has 0 atom stereocenters. The largest absolute Gasteiger partial charge is 0.416 e. The summed E-state index contributed by atoms with van der Waals surface area (Å²) in [4.78, 5) is 11.8. The van der Waals surface area contributed by atoms with Crippen LogP contribution in [-0.4, -0.2) is 18.9 Å². The zero-order valence-corrected chi connectivity index (χ0v) is 13.8. The van der Waals surface area contributed by atoms with Gasteiger partial charge in [-0.3, -0.25) is 4.79 Å². The summed E-state index contributed by atoms with van der Waals surface area (Å²) in [6.07, 6.45) is -4.41.